The summed E-state index contributed by atoms with van der Waals surface area (Å²) in [6, 6.07) is 10.0. The molecule has 66 valence electrons. The number of rotatable bonds is 1. The van der Waals surface area contributed by atoms with Gasteiger partial charge in [-0.15, -0.1) is 11.3 Å². The van der Waals surface area contributed by atoms with Crippen LogP contribution in [0.3, 0.4) is 0 Å². The van der Waals surface area contributed by atoms with Crippen molar-refractivity contribution in [3.05, 3.63) is 40.2 Å². The van der Waals surface area contributed by atoms with Crippen LogP contribution in [0.4, 0.5) is 5.69 Å². The molecule has 0 aliphatic heterocycles. The lowest BCUT2D eigenvalue weighted by Gasteiger charge is -2.02. The normalized spacial score (nSPS) is 10.2. The van der Waals surface area contributed by atoms with E-state index in [0.29, 0.717) is 0 Å². The third-order valence-electron chi connectivity index (χ3n) is 1.80. The quantitative estimate of drug-likeness (QED) is 0.770. The van der Waals surface area contributed by atoms with E-state index < -0.39 is 0 Å². The maximum absolute atomic E-state index is 5.87. The molecule has 2 rings (SSSR count). The van der Waals surface area contributed by atoms with Gasteiger partial charge in [-0.3, -0.25) is 0 Å². The van der Waals surface area contributed by atoms with E-state index in [2.05, 4.69) is 27.4 Å². The van der Waals surface area contributed by atoms with Crippen LogP contribution in [0.25, 0.3) is 10.4 Å². The Bertz CT molecular complexity index is 409. The van der Waals surface area contributed by atoms with Crippen LogP contribution in [0.15, 0.2) is 40.2 Å². The number of hydrogen-bond acceptors (Lipinski definition) is 2. The number of benzene rings is 1. The highest BCUT2D eigenvalue weighted by atomic mass is 79.9. The van der Waals surface area contributed by atoms with Gasteiger partial charge in [0.1, 0.15) is 0 Å². The van der Waals surface area contributed by atoms with Crippen LogP contribution in [0, 0.1) is 0 Å². The van der Waals surface area contributed by atoms with Crippen LogP contribution >= 0.6 is 27.3 Å². The van der Waals surface area contributed by atoms with Crippen LogP contribution in [-0.2, 0) is 0 Å². The van der Waals surface area contributed by atoms with E-state index >= 15 is 0 Å². The Labute approximate surface area is 89.3 Å². The zero-order valence-electron chi connectivity index (χ0n) is 6.83. The molecule has 0 fully saturated rings. The van der Waals surface area contributed by atoms with Gasteiger partial charge >= 0.3 is 0 Å². The van der Waals surface area contributed by atoms with Crippen molar-refractivity contribution in [2.24, 2.45) is 0 Å². The molecule has 0 unspecified atom stereocenters. The van der Waals surface area contributed by atoms with Gasteiger partial charge in [-0.25, -0.2) is 0 Å². The standard InChI is InChI=1S/C10H8BrNS/c11-7-3-4-9(12)8(6-7)10-2-1-5-13-10/h1-6H,12H2. The van der Waals surface area contributed by atoms with Crippen molar-refractivity contribution in [1.29, 1.82) is 0 Å². The van der Waals surface area contributed by atoms with Crippen molar-refractivity contribution >= 4 is 33.0 Å². The first-order chi connectivity index (χ1) is 6.27. The molecule has 0 spiro atoms. The first-order valence-corrected chi connectivity index (χ1v) is 5.53. The van der Waals surface area contributed by atoms with E-state index in [0.717, 1.165) is 15.7 Å². The summed E-state index contributed by atoms with van der Waals surface area (Å²) < 4.78 is 1.06. The summed E-state index contributed by atoms with van der Waals surface area (Å²) in [6.07, 6.45) is 0. The third-order valence-corrected chi connectivity index (χ3v) is 3.20. The van der Waals surface area contributed by atoms with Gasteiger partial charge in [0.2, 0.25) is 0 Å². The summed E-state index contributed by atoms with van der Waals surface area (Å²) in [5, 5.41) is 2.05. The van der Waals surface area contributed by atoms with Crippen molar-refractivity contribution < 1.29 is 0 Å². The number of thiophene rings is 1. The van der Waals surface area contributed by atoms with Crippen molar-refractivity contribution in [2.45, 2.75) is 0 Å². The lowest BCUT2D eigenvalue weighted by molar-refractivity contribution is 1.63. The summed E-state index contributed by atoms with van der Waals surface area (Å²) in [5.41, 5.74) is 7.79. The lowest BCUT2D eigenvalue weighted by atomic mass is 10.1. The zero-order chi connectivity index (χ0) is 9.26. The van der Waals surface area contributed by atoms with Crippen molar-refractivity contribution in [1.82, 2.24) is 0 Å². The Balaban J connectivity index is 2.57. The second-order valence-electron chi connectivity index (χ2n) is 2.71. The van der Waals surface area contributed by atoms with Gasteiger partial charge in [0.25, 0.3) is 0 Å². The monoisotopic (exact) mass is 253 g/mol. The average molecular weight is 254 g/mol. The number of anilines is 1. The number of nitrogens with two attached hydrogens (primary N) is 1. The molecule has 3 heteroatoms. The molecular formula is C10H8BrNS. The minimum absolute atomic E-state index is 0.825. The molecule has 1 aromatic carbocycles. The Kier molecular flexibility index (Phi) is 2.38. The highest BCUT2D eigenvalue weighted by Crippen LogP contribution is 2.31. The van der Waals surface area contributed by atoms with Crippen LogP contribution in [0.5, 0.6) is 0 Å². The van der Waals surface area contributed by atoms with E-state index in [1.54, 1.807) is 11.3 Å². The molecule has 0 amide bonds. The average Bonchev–Trinajstić information content (AvgIpc) is 2.61. The summed E-state index contributed by atoms with van der Waals surface area (Å²) in [5.74, 6) is 0. The number of nitrogen functional groups attached to an aromatic ring is 1. The summed E-state index contributed by atoms with van der Waals surface area (Å²) in [4.78, 5) is 1.21. The minimum atomic E-state index is 0.825. The van der Waals surface area contributed by atoms with Gasteiger partial charge in [0.05, 0.1) is 0 Å². The predicted molar refractivity (Wildman–Crippen MR) is 61.9 cm³/mol. The first-order valence-electron chi connectivity index (χ1n) is 3.86. The summed E-state index contributed by atoms with van der Waals surface area (Å²) in [7, 11) is 0. The Morgan fingerprint density at radius 1 is 1.23 bits per heavy atom. The molecule has 0 atom stereocenters. The lowest BCUT2D eigenvalue weighted by Crippen LogP contribution is -1.87. The van der Waals surface area contributed by atoms with Gasteiger partial charge in [-0.2, -0.15) is 0 Å². The van der Waals surface area contributed by atoms with E-state index in [1.165, 1.54) is 4.88 Å². The molecule has 1 heterocycles. The maximum atomic E-state index is 5.87. The Morgan fingerprint density at radius 3 is 2.77 bits per heavy atom. The van der Waals surface area contributed by atoms with Gasteiger partial charge in [-0.1, -0.05) is 22.0 Å². The molecule has 0 aliphatic rings. The molecule has 0 saturated heterocycles. The van der Waals surface area contributed by atoms with Crippen LogP contribution < -0.4 is 5.73 Å². The highest BCUT2D eigenvalue weighted by Gasteiger charge is 2.03. The fraction of sp³-hybridized carbons (Fsp3) is 0. The molecular weight excluding hydrogens is 246 g/mol. The Morgan fingerprint density at radius 2 is 2.08 bits per heavy atom. The van der Waals surface area contributed by atoms with Gasteiger partial charge < -0.3 is 5.73 Å². The van der Waals surface area contributed by atoms with E-state index in [9.17, 15) is 0 Å². The smallest absolute Gasteiger partial charge is 0.0402 e. The van der Waals surface area contributed by atoms with Crippen molar-refractivity contribution in [2.75, 3.05) is 5.73 Å². The summed E-state index contributed by atoms with van der Waals surface area (Å²) >= 11 is 5.13. The molecule has 0 saturated carbocycles. The van der Waals surface area contributed by atoms with Gasteiger partial charge in [0.15, 0.2) is 0 Å². The molecule has 0 aliphatic carbocycles. The van der Waals surface area contributed by atoms with E-state index in [-0.39, 0.29) is 0 Å². The molecule has 2 aromatic rings. The Hall–Kier alpha value is -0.800. The molecule has 0 bridgehead atoms. The van der Waals surface area contributed by atoms with Crippen LogP contribution in [0.2, 0.25) is 0 Å². The highest BCUT2D eigenvalue weighted by molar-refractivity contribution is 9.10. The fourth-order valence-electron chi connectivity index (χ4n) is 1.17. The summed E-state index contributed by atoms with van der Waals surface area (Å²) in [6.45, 7) is 0. The van der Waals surface area contributed by atoms with E-state index in [1.807, 2.05) is 24.3 Å². The van der Waals surface area contributed by atoms with Crippen LogP contribution in [-0.4, -0.2) is 0 Å². The minimum Gasteiger partial charge on any atom is -0.398 e. The van der Waals surface area contributed by atoms with Gasteiger partial charge in [-0.05, 0) is 29.6 Å². The largest absolute Gasteiger partial charge is 0.398 e. The predicted octanol–water partition coefficient (Wildman–Crippen LogP) is 3.76. The molecule has 1 nitrogen and oxygen atoms in total. The topological polar surface area (TPSA) is 26.0 Å². The molecule has 0 radical (unpaired) electrons. The second kappa shape index (κ2) is 3.52. The van der Waals surface area contributed by atoms with Crippen molar-refractivity contribution in [3.8, 4) is 10.4 Å². The second-order valence-corrected chi connectivity index (χ2v) is 4.57. The fourth-order valence-corrected chi connectivity index (χ4v) is 2.30. The van der Waals surface area contributed by atoms with Crippen molar-refractivity contribution in [3.63, 3.8) is 0 Å². The molecule has 2 N–H and O–H groups in total. The maximum Gasteiger partial charge on any atom is 0.0402 e. The first kappa shape index (κ1) is 8.78. The van der Waals surface area contributed by atoms with Crippen LogP contribution in [0.1, 0.15) is 0 Å². The number of halogens is 1. The third kappa shape index (κ3) is 1.76. The number of hydrogen-bond donors (Lipinski definition) is 1. The van der Waals surface area contributed by atoms with E-state index in [4.69, 9.17) is 5.73 Å². The molecule has 13 heavy (non-hydrogen) atoms. The SMILES string of the molecule is Nc1ccc(Br)cc1-c1cccs1. The van der Waals surface area contributed by atoms with Gasteiger partial charge in [0, 0.05) is 20.6 Å². The molecule has 1 aromatic heterocycles. The zero-order valence-corrected chi connectivity index (χ0v) is 9.23.